The van der Waals surface area contributed by atoms with Gasteiger partial charge in [0.2, 0.25) is 0 Å². The van der Waals surface area contributed by atoms with Crippen LogP contribution in [0.4, 0.5) is 34.1 Å². The number of pyridine rings is 2. The molecule has 10 aromatic rings. The summed E-state index contributed by atoms with van der Waals surface area (Å²) in [4.78, 5) is 13.7. The standard InChI is InChI=1S/C35H33BN2O2.C29H21BrN2.C12H24B2O4/c1-34(2)35(3,4)40-36(39-34)29-21-24-33(37-25-29)28-17-15-26(16-18-28)27-19-22-32(23-20-27)38(30-11-7-5-8-12-30)31-13-9-6-10-14-31;30-25-17-20-29(31-21-25)24-13-11-22(12-14-24)23-15-18-28(19-16-23)32(26-7-3-1-4-8-26)27-9-5-2-6-10-27;1-9(2)10(3,4)16-13(15-9)14-17-11(5,6)12(7,8)18-14/h5-25H,1-4H3;1-21H;1-8H3. The van der Waals surface area contributed by atoms with Gasteiger partial charge in [-0.15, -0.1) is 0 Å². The van der Waals surface area contributed by atoms with Crippen LogP contribution in [0, 0.1) is 0 Å². The first-order valence-electron chi connectivity index (χ1n) is 30.8. The highest BCUT2D eigenvalue weighted by atomic mass is 79.9. The van der Waals surface area contributed by atoms with Gasteiger partial charge in [0.1, 0.15) is 0 Å². The molecule has 0 aliphatic carbocycles. The van der Waals surface area contributed by atoms with E-state index in [1.165, 1.54) is 16.7 Å². The van der Waals surface area contributed by atoms with E-state index in [9.17, 15) is 0 Å². The van der Waals surface area contributed by atoms with Crippen LogP contribution in [0.5, 0.6) is 0 Å². The molecule has 0 N–H and O–H groups in total. The van der Waals surface area contributed by atoms with E-state index < -0.39 is 21.1 Å². The maximum atomic E-state index is 6.17. The van der Waals surface area contributed by atoms with Crippen molar-refractivity contribution >= 4 is 76.7 Å². The zero-order valence-electron chi connectivity index (χ0n) is 53.6. The summed E-state index contributed by atoms with van der Waals surface area (Å²) in [5.74, 6) is 0. The second-order valence-electron chi connectivity index (χ2n) is 25.9. The first-order chi connectivity index (χ1) is 43.0. The number of anilines is 6. The molecule has 0 saturated carbocycles. The Hall–Kier alpha value is -7.91. The van der Waals surface area contributed by atoms with E-state index >= 15 is 0 Å². The lowest BCUT2D eigenvalue weighted by atomic mass is 9.49. The smallest absolute Gasteiger partial charge is 0.405 e. The Kier molecular flexibility index (Phi) is 18.5. The maximum absolute atomic E-state index is 6.17. The van der Waals surface area contributed by atoms with Crippen LogP contribution in [0.3, 0.4) is 0 Å². The minimum atomic E-state index is -0.476. The highest BCUT2D eigenvalue weighted by molar-refractivity contribution is 9.10. The summed E-state index contributed by atoms with van der Waals surface area (Å²) in [6.45, 7) is 24.5. The van der Waals surface area contributed by atoms with E-state index in [1.54, 1.807) is 0 Å². The number of aromatic nitrogens is 2. The number of benzene rings is 8. The maximum Gasteiger partial charge on any atom is 0.496 e. The Balaban J connectivity index is 0.000000149. The van der Waals surface area contributed by atoms with Crippen LogP contribution in [-0.2, 0) is 27.9 Å². The van der Waals surface area contributed by atoms with Crippen molar-refractivity contribution in [3.63, 3.8) is 0 Å². The Morgan fingerprint density at radius 3 is 0.811 bits per heavy atom. The summed E-state index contributed by atoms with van der Waals surface area (Å²) in [5, 5.41) is 0. The van der Waals surface area contributed by atoms with E-state index in [2.05, 4.69) is 253 Å². The molecule has 8 aromatic carbocycles. The molecule has 2 aromatic heterocycles. The van der Waals surface area contributed by atoms with Crippen LogP contribution < -0.4 is 15.3 Å². The van der Waals surface area contributed by atoms with Gasteiger partial charge in [-0.1, -0.05) is 152 Å². The summed E-state index contributed by atoms with van der Waals surface area (Å²) in [7, 11) is -1.36. The van der Waals surface area contributed by atoms with E-state index in [-0.39, 0.29) is 33.6 Å². The summed E-state index contributed by atoms with van der Waals surface area (Å²) in [6, 6.07) is 84.5. The minimum Gasteiger partial charge on any atom is -0.405 e. The molecule has 3 aliphatic heterocycles. The average Bonchev–Trinajstić information content (AvgIpc) is 1.62. The minimum absolute atomic E-state index is 0.360. The number of nitrogens with zero attached hydrogens (tertiary/aromatic N) is 4. The lowest BCUT2D eigenvalue weighted by Gasteiger charge is -2.32. The first kappa shape index (κ1) is 63.7. The van der Waals surface area contributed by atoms with Crippen LogP contribution in [-0.4, -0.2) is 64.7 Å². The van der Waals surface area contributed by atoms with Gasteiger partial charge in [-0.2, -0.15) is 0 Å². The van der Waals surface area contributed by atoms with E-state index in [4.69, 9.17) is 32.9 Å². The molecule has 13 rings (SSSR count). The second-order valence-corrected chi connectivity index (χ2v) is 26.9. The Morgan fingerprint density at radius 2 is 0.533 bits per heavy atom. The van der Waals surface area contributed by atoms with Crippen molar-refractivity contribution in [1.29, 1.82) is 0 Å². The molecule has 5 heterocycles. The van der Waals surface area contributed by atoms with Gasteiger partial charge in [0.25, 0.3) is 0 Å². The molecule has 14 heteroatoms. The molecule has 0 radical (unpaired) electrons. The van der Waals surface area contributed by atoms with Crippen molar-refractivity contribution in [2.24, 2.45) is 0 Å². The molecule has 3 fully saturated rings. The Labute approximate surface area is 542 Å². The van der Waals surface area contributed by atoms with Crippen molar-refractivity contribution in [2.75, 3.05) is 9.80 Å². The molecule has 90 heavy (non-hydrogen) atoms. The van der Waals surface area contributed by atoms with Crippen LogP contribution in [0.15, 0.2) is 260 Å². The number of halogens is 1. The van der Waals surface area contributed by atoms with Crippen LogP contribution in [0.2, 0.25) is 0 Å². The fourth-order valence-electron chi connectivity index (χ4n) is 10.7. The SMILES string of the molecule is Brc1ccc(-c2ccc(-c3ccc(N(c4ccccc4)c4ccccc4)cc3)cc2)nc1.CC1(C)OB(B2OC(C)(C)C(C)(C)O2)OC1(C)C.CC1(C)OB(c2ccc(-c3ccc(-c4ccc(N(c5ccccc5)c5ccccc5)cc4)cc3)nc2)OC1(C)C. The lowest BCUT2D eigenvalue weighted by molar-refractivity contribution is 0.00578. The average molecular weight is 1260 g/mol. The van der Waals surface area contributed by atoms with Gasteiger partial charge >= 0.3 is 21.1 Å². The predicted octanol–water partition coefficient (Wildman–Crippen LogP) is 19.1. The van der Waals surface area contributed by atoms with E-state index in [0.29, 0.717) is 0 Å². The fourth-order valence-corrected chi connectivity index (χ4v) is 11.0. The molecule has 0 unspecified atom stereocenters. The van der Waals surface area contributed by atoms with E-state index in [0.717, 1.165) is 72.1 Å². The van der Waals surface area contributed by atoms with Gasteiger partial charge in [-0.25, -0.2) is 0 Å². The van der Waals surface area contributed by atoms with Crippen molar-refractivity contribution < 1.29 is 27.9 Å². The van der Waals surface area contributed by atoms with Crippen molar-refractivity contribution in [1.82, 2.24) is 9.97 Å². The third-order valence-corrected chi connectivity index (χ3v) is 18.6. The van der Waals surface area contributed by atoms with Gasteiger partial charge in [-0.3, -0.25) is 9.97 Å². The topological polar surface area (TPSA) is 87.6 Å². The highest BCUT2D eigenvalue weighted by Crippen LogP contribution is 2.44. The second kappa shape index (κ2) is 26.1. The third-order valence-electron chi connectivity index (χ3n) is 18.1. The molecule has 454 valence electrons. The molecule has 3 saturated heterocycles. The normalized spacial score (nSPS) is 17.1. The monoisotopic (exact) mass is 1250 g/mol. The number of hydrogen-bond donors (Lipinski definition) is 0. The van der Waals surface area contributed by atoms with E-state index in [1.807, 2.05) is 116 Å². The zero-order valence-corrected chi connectivity index (χ0v) is 55.2. The molecule has 0 bridgehead atoms. The summed E-state index contributed by atoms with van der Waals surface area (Å²) < 4.78 is 37.2. The quantitative estimate of drug-likeness (QED) is 0.110. The number of hydrogen-bond acceptors (Lipinski definition) is 10. The summed E-state index contributed by atoms with van der Waals surface area (Å²) >= 11 is 3.44. The van der Waals surface area contributed by atoms with Crippen LogP contribution in [0.1, 0.15) is 83.1 Å². The molecule has 3 aliphatic rings. The van der Waals surface area contributed by atoms with Gasteiger partial charge in [0.05, 0.1) is 45.0 Å². The van der Waals surface area contributed by atoms with Crippen LogP contribution >= 0.6 is 15.9 Å². The predicted molar refractivity (Wildman–Crippen MR) is 375 cm³/mol. The summed E-state index contributed by atoms with van der Waals surface area (Å²) in [6.07, 6.45) is 3.68. The van der Waals surface area contributed by atoms with Gasteiger partial charge in [0.15, 0.2) is 0 Å². The van der Waals surface area contributed by atoms with Crippen LogP contribution in [0.25, 0.3) is 44.8 Å². The molecule has 10 nitrogen and oxygen atoms in total. The van der Waals surface area contributed by atoms with Crippen molar-refractivity contribution in [2.45, 2.75) is 117 Å². The zero-order chi connectivity index (χ0) is 63.5. The highest BCUT2D eigenvalue weighted by Gasteiger charge is 2.64. The first-order valence-corrected chi connectivity index (χ1v) is 31.6. The lowest BCUT2D eigenvalue weighted by Crippen LogP contribution is -2.41. The summed E-state index contributed by atoms with van der Waals surface area (Å²) in [5.41, 5.74) is 14.3. The number of para-hydroxylation sites is 4. The Bertz CT molecular complexity index is 3800. The molecule has 0 amide bonds. The number of rotatable bonds is 12. The van der Waals surface area contributed by atoms with Crippen molar-refractivity contribution in [3.05, 3.63) is 260 Å². The molecule has 0 atom stereocenters. The van der Waals surface area contributed by atoms with Gasteiger partial charge in [0, 0.05) is 67.6 Å². The molecular weight excluding hydrogens is 1180 g/mol. The van der Waals surface area contributed by atoms with Gasteiger partial charge < -0.3 is 37.7 Å². The van der Waals surface area contributed by atoms with Gasteiger partial charge in [-0.05, 0) is 212 Å². The molecule has 0 spiro atoms. The van der Waals surface area contributed by atoms with Crippen molar-refractivity contribution in [3.8, 4) is 44.8 Å². The largest absolute Gasteiger partial charge is 0.496 e. The Morgan fingerprint density at radius 1 is 0.278 bits per heavy atom. The third kappa shape index (κ3) is 14.0. The fraction of sp³-hybridized carbons (Fsp3) is 0.237. The molecular formula is C76H78B3BrN4O6.